The van der Waals surface area contributed by atoms with Gasteiger partial charge in [0.15, 0.2) is 0 Å². The van der Waals surface area contributed by atoms with E-state index in [0.717, 1.165) is 22.7 Å². The normalized spacial score (nSPS) is 17.6. The molecule has 0 saturated carbocycles. The highest BCUT2D eigenvalue weighted by atomic mass is 32.2. The zero-order valence-electron chi connectivity index (χ0n) is 15.6. The van der Waals surface area contributed by atoms with Gasteiger partial charge in [-0.3, -0.25) is 9.59 Å². The number of aryl methyl sites for hydroxylation is 1. The van der Waals surface area contributed by atoms with Crippen LogP contribution in [0.2, 0.25) is 0 Å². The van der Waals surface area contributed by atoms with Crippen molar-refractivity contribution in [3.63, 3.8) is 0 Å². The summed E-state index contributed by atoms with van der Waals surface area (Å²) in [6, 6.07) is 10.1. The Bertz CT molecular complexity index is 1090. The lowest BCUT2D eigenvalue weighted by molar-refractivity contribution is -0.122. The second-order valence-corrected chi connectivity index (χ2v) is 8.99. The number of amides is 2. The number of nitrogens with one attached hydrogen (secondary N) is 1. The van der Waals surface area contributed by atoms with Gasteiger partial charge >= 0.3 is 0 Å². The molecule has 0 aliphatic carbocycles. The molecule has 152 valence electrons. The first-order chi connectivity index (χ1) is 13.9. The molecule has 2 aliphatic rings. The molecule has 1 saturated heterocycles. The van der Waals surface area contributed by atoms with Crippen molar-refractivity contribution in [3.8, 4) is 0 Å². The number of anilines is 1. The van der Waals surface area contributed by atoms with E-state index >= 15 is 0 Å². The SMILES string of the molecule is O=C1CN(S(=O)(=O)c2cccc(C(=O)N3CCCc4ccc(F)cc43)c2)CCN1. The smallest absolute Gasteiger partial charge is 0.258 e. The van der Waals surface area contributed by atoms with Crippen molar-refractivity contribution in [2.75, 3.05) is 31.1 Å². The third-order valence-electron chi connectivity index (χ3n) is 5.13. The quantitative estimate of drug-likeness (QED) is 0.821. The highest BCUT2D eigenvalue weighted by Crippen LogP contribution is 2.29. The van der Waals surface area contributed by atoms with Crippen molar-refractivity contribution < 1.29 is 22.4 Å². The fourth-order valence-corrected chi connectivity index (χ4v) is 5.12. The number of halogens is 1. The van der Waals surface area contributed by atoms with Gasteiger partial charge in [-0.05, 0) is 48.7 Å². The van der Waals surface area contributed by atoms with Crippen LogP contribution in [0.3, 0.4) is 0 Å². The average Bonchev–Trinajstić information content (AvgIpc) is 2.73. The lowest BCUT2D eigenvalue weighted by Crippen LogP contribution is -2.49. The molecule has 0 spiro atoms. The van der Waals surface area contributed by atoms with Crippen LogP contribution in [-0.4, -0.2) is 50.7 Å². The Hall–Kier alpha value is -2.78. The van der Waals surface area contributed by atoms with Crippen molar-refractivity contribution in [1.29, 1.82) is 0 Å². The first-order valence-corrected chi connectivity index (χ1v) is 10.8. The van der Waals surface area contributed by atoms with E-state index in [1.54, 1.807) is 6.07 Å². The Balaban J connectivity index is 1.65. The highest BCUT2D eigenvalue weighted by molar-refractivity contribution is 7.89. The lowest BCUT2D eigenvalue weighted by atomic mass is 10.0. The number of carbonyl (C=O) groups excluding carboxylic acids is 2. The van der Waals surface area contributed by atoms with Crippen molar-refractivity contribution in [2.45, 2.75) is 17.7 Å². The number of rotatable bonds is 3. The van der Waals surface area contributed by atoms with E-state index in [1.807, 2.05) is 0 Å². The summed E-state index contributed by atoms with van der Waals surface area (Å²) in [5.41, 5.74) is 1.60. The number of carbonyl (C=O) groups is 2. The molecule has 29 heavy (non-hydrogen) atoms. The van der Waals surface area contributed by atoms with Crippen LogP contribution < -0.4 is 10.2 Å². The summed E-state index contributed by atoms with van der Waals surface area (Å²) in [6.07, 6.45) is 1.50. The molecule has 0 bridgehead atoms. The van der Waals surface area contributed by atoms with E-state index in [0.29, 0.717) is 12.2 Å². The van der Waals surface area contributed by atoms with Crippen LogP contribution in [0.15, 0.2) is 47.4 Å². The van der Waals surface area contributed by atoms with Gasteiger partial charge in [-0.1, -0.05) is 12.1 Å². The summed E-state index contributed by atoms with van der Waals surface area (Å²) < 4.78 is 40.6. The van der Waals surface area contributed by atoms with E-state index in [1.165, 1.54) is 41.3 Å². The van der Waals surface area contributed by atoms with Crippen molar-refractivity contribution >= 4 is 27.5 Å². The number of nitrogens with zero attached hydrogens (tertiary/aromatic N) is 2. The summed E-state index contributed by atoms with van der Waals surface area (Å²) >= 11 is 0. The van der Waals surface area contributed by atoms with Gasteiger partial charge < -0.3 is 10.2 Å². The first-order valence-electron chi connectivity index (χ1n) is 9.33. The Morgan fingerprint density at radius 1 is 1.10 bits per heavy atom. The molecule has 1 N–H and O–H groups in total. The zero-order valence-corrected chi connectivity index (χ0v) is 16.4. The Morgan fingerprint density at radius 3 is 2.72 bits per heavy atom. The van der Waals surface area contributed by atoms with E-state index in [9.17, 15) is 22.4 Å². The number of hydrogen-bond acceptors (Lipinski definition) is 4. The molecule has 2 aliphatic heterocycles. The van der Waals surface area contributed by atoms with Crippen molar-refractivity contribution in [1.82, 2.24) is 9.62 Å². The van der Waals surface area contributed by atoms with Crippen LogP contribution in [0.1, 0.15) is 22.3 Å². The molecular formula is C20H20FN3O4S. The van der Waals surface area contributed by atoms with Crippen LogP contribution in [0.25, 0.3) is 0 Å². The second-order valence-electron chi connectivity index (χ2n) is 7.05. The molecule has 9 heteroatoms. The van der Waals surface area contributed by atoms with Crippen molar-refractivity contribution in [2.24, 2.45) is 0 Å². The maximum Gasteiger partial charge on any atom is 0.258 e. The van der Waals surface area contributed by atoms with Gasteiger partial charge in [-0.2, -0.15) is 4.31 Å². The van der Waals surface area contributed by atoms with E-state index < -0.39 is 15.8 Å². The molecular weight excluding hydrogens is 397 g/mol. The number of fused-ring (bicyclic) bond motifs is 1. The Morgan fingerprint density at radius 2 is 1.93 bits per heavy atom. The summed E-state index contributed by atoms with van der Waals surface area (Å²) in [6.45, 7) is 0.593. The first kappa shape index (κ1) is 19.5. The zero-order chi connectivity index (χ0) is 20.6. The molecule has 4 rings (SSSR count). The Kier molecular flexibility index (Phi) is 5.10. The average molecular weight is 417 g/mol. The monoisotopic (exact) mass is 417 g/mol. The predicted octanol–water partition coefficient (Wildman–Crippen LogP) is 1.54. The fraction of sp³-hybridized carbons (Fsp3) is 0.300. The maximum atomic E-state index is 13.7. The van der Waals surface area contributed by atoms with Crippen LogP contribution in [-0.2, 0) is 21.2 Å². The molecule has 2 amide bonds. The highest BCUT2D eigenvalue weighted by Gasteiger charge is 2.30. The van der Waals surface area contributed by atoms with Gasteiger partial charge in [0.05, 0.1) is 17.1 Å². The minimum Gasteiger partial charge on any atom is -0.354 e. The Labute approximate surface area is 168 Å². The molecule has 2 heterocycles. The molecule has 0 radical (unpaired) electrons. The summed E-state index contributed by atoms with van der Waals surface area (Å²) in [7, 11) is -3.91. The molecule has 0 aromatic heterocycles. The molecule has 1 fully saturated rings. The lowest BCUT2D eigenvalue weighted by Gasteiger charge is -2.30. The van der Waals surface area contributed by atoms with Gasteiger partial charge in [0.1, 0.15) is 5.82 Å². The third-order valence-corrected chi connectivity index (χ3v) is 6.97. The van der Waals surface area contributed by atoms with Crippen LogP contribution in [0.4, 0.5) is 10.1 Å². The minimum absolute atomic E-state index is 0.0467. The number of piperazine rings is 1. The van der Waals surface area contributed by atoms with Gasteiger partial charge in [-0.15, -0.1) is 0 Å². The van der Waals surface area contributed by atoms with Crippen LogP contribution in [0, 0.1) is 5.82 Å². The van der Waals surface area contributed by atoms with E-state index in [4.69, 9.17) is 0 Å². The second kappa shape index (κ2) is 7.57. The summed E-state index contributed by atoms with van der Waals surface area (Å²) in [5, 5.41) is 2.59. The van der Waals surface area contributed by atoms with Crippen LogP contribution >= 0.6 is 0 Å². The van der Waals surface area contributed by atoms with Crippen molar-refractivity contribution in [3.05, 3.63) is 59.4 Å². The maximum absolute atomic E-state index is 13.7. The molecule has 0 unspecified atom stereocenters. The number of hydrogen-bond donors (Lipinski definition) is 1. The predicted molar refractivity (Wildman–Crippen MR) is 105 cm³/mol. The van der Waals surface area contributed by atoms with Crippen LogP contribution in [0.5, 0.6) is 0 Å². The molecule has 2 aromatic rings. The van der Waals surface area contributed by atoms with Gasteiger partial charge in [0, 0.05) is 25.2 Å². The topological polar surface area (TPSA) is 86.8 Å². The largest absolute Gasteiger partial charge is 0.354 e. The number of benzene rings is 2. The minimum atomic E-state index is -3.91. The van der Waals surface area contributed by atoms with Gasteiger partial charge in [-0.25, -0.2) is 12.8 Å². The third kappa shape index (κ3) is 3.75. The van der Waals surface area contributed by atoms with E-state index in [2.05, 4.69) is 5.32 Å². The van der Waals surface area contributed by atoms with E-state index in [-0.39, 0.29) is 41.9 Å². The number of sulfonamides is 1. The van der Waals surface area contributed by atoms with Gasteiger partial charge in [0.2, 0.25) is 15.9 Å². The molecule has 2 aromatic carbocycles. The molecule has 0 atom stereocenters. The standard InChI is InChI=1S/C20H20FN3O4S/c21-16-7-6-14-4-2-9-24(18(14)12-16)20(26)15-3-1-5-17(11-15)29(27,28)23-10-8-22-19(25)13-23/h1,3,5-7,11-12H,2,4,8-10,13H2,(H,22,25). The van der Waals surface area contributed by atoms with Gasteiger partial charge in [0.25, 0.3) is 5.91 Å². The summed E-state index contributed by atoms with van der Waals surface area (Å²) in [5.74, 6) is -1.17. The molecule has 7 nitrogen and oxygen atoms in total. The summed E-state index contributed by atoms with van der Waals surface area (Å²) in [4.78, 5) is 26.1. The fourth-order valence-electron chi connectivity index (χ4n) is 3.67.